The SMILES string of the molecule is CN(C)S(=O)(=O)NC1CCC(CCN2CCN(c3cc(C#N)cc(C(F)(F)F)c3)CC2)CC1. The maximum atomic E-state index is 13.2. The van der Waals surface area contributed by atoms with Gasteiger partial charge in [-0.05, 0) is 62.8 Å². The maximum absolute atomic E-state index is 13.2. The van der Waals surface area contributed by atoms with Gasteiger partial charge in [-0.3, -0.25) is 4.90 Å². The number of anilines is 1. The molecule has 0 radical (unpaired) electrons. The lowest BCUT2D eigenvalue weighted by Crippen LogP contribution is -2.47. The normalized spacial score (nSPS) is 23.0. The first-order valence-electron chi connectivity index (χ1n) is 11.3. The van der Waals surface area contributed by atoms with Gasteiger partial charge in [0.1, 0.15) is 0 Å². The van der Waals surface area contributed by atoms with Gasteiger partial charge in [0.2, 0.25) is 0 Å². The summed E-state index contributed by atoms with van der Waals surface area (Å²) in [6.45, 7) is 3.68. The Morgan fingerprint density at radius 3 is 2.27 bits per heavy atom. The molecule has 11 heteroatoms. The molecule has 184 valence electrons. The van der Waals surface area contributed by atoms with Crippen LogP contribution in [0.4, 0.5) is 18.9 Å². The van der Waals surface area contributed by atoms with Gasteiger partial charge < -0.3 is 4.90 Å². The summed E-state index contributed by atoms with van der Waals surface area (Å²) in [6.07, 6.45) is 0.206. The molecule has 0 bridgehead atoms. The lowest BCUT2D eigenvalue weighted by atomic mass is 9.84. The first-order valence-corrected chi connectivity index (χ1v) is 12.7. The van der Waals surface area contributed by atoms with Crippen LogP contribution in [0.2, 0.25) is 0 Å². The molecule has 1 aromatic carbocycles. The molecule has 1 aliphatic carbocycles. The fourth-order valence-electron chi connectivity index (χ4n) is 4.50. The van der Waals surface area contributed by atoms with Gasteiger partial charge in [0.15, 0.2) is 0 Å². The highest BCUT2D eigenvalue weighted by atomic mass is 32.2. The van der Waals surface area contributed by atoms with E-state index < -0.39 is 21.9 Å². The Hall–Kier alpha value is -1.87. The summed E-state index contributed by atoms with van der Waals surface area (Å²) in [5.74, 6) is 0.560. The number of hydrogen-bond donors (Lipinski definition) is 1. The highest BCUT2D eigenvalue weighted by molar-refractivity contribution is 7.87. The number of piperazine rings is 1. The second-order valence-electron chi connectivity index (χ2n) is 9.12. The Labute approximate surface area is 194 Å². The Balaban J connectivity index is 1.44. The smallest absolute Gasteiger partial charge is 0.369 e. The van der Waals surface area contributed by atoms with Crippen LogP contribution >= 0.6 is 0 Å². The molecule has 0 spiro atoms. The number of hydrogen-bond acceptors (Lipinski definition) is 5. The molecular formula is C22H32F3N5O2S. The largest absolute Gasteiger partial charge is 0.416 e. The molecule has 7 nitrogen and oxygen atoms in total. The minimum absolute atomic E-state index is 0.0111. The summed E-state index contributed by atoms with van der Waals surface area (Å²) in [6, 6.07) is 5.35. The van der Waals surface area contributed by atoms with E-state index in [-0.39, 0.29) is 11.6 Å². The molecule has 1 aliphatic heterocycles. The van der Waals surface area contributed by atoms with Crippen molar-refractivity contribution in [1.82, 2.24) is 13.9 Å². The molecule has 0 amide bonds. The van der Waals surface area contributed by atoms with Crippen molar-refractivity contribution < 1.29 is 21.6 Å². The first-order chi connectivity index (χ1) is 15.5. The third-order valence-electron chi connectivity index (χ3n) is 6.61. The van der Waals surface area contributed by atoms with Crippen LogP contribution in [-0.2, 0) is 16.4 Å². The van der Waals surface area contributed by atoms with Crippen LogP contribution in [0.3, 0.4) is 0 Å². The molecule has 0 atom stereocenters. The Morgan fingerprint density at radius 2 is 1.73 bits per heavy atom. The molecule has 0 unspecified atom stereocenters. The molecule has 1 heterocycles. The van der Waals surface area contributed by atoms with Gasteiger partial charge in [-0.15, -0.1) is 0 Å². The summed E-state index contributed by atoms with van der Waals surface area (Å²) in [5, 5.41) is 9.10. The third-order valence-corrected chi connectivity index (χ3v) is 8.20. The van der Waals surface area contributed by atoms with E-state index in [0.29, 0.717) is 24.7 Å². The fraction of sp³-hybridized carbons (Fsp3) is 0.682. The van der Waals surface area contributed by atoms with E-state index in [1.54, 1.807) is 0 Å². The quantitative estimate of drug-likeness (QED) is 0.640. The molecule has 2 fully saturated rings. The van der Waals surface area contributed by atoms with Crippen molar-refractivity contribution in [2.24, 2.45) is 5.92 Å². The van der Waals surface area contributed by atoms with E-state index in [1.807, 2.05) is 11.0 Å². The lowest BCUT2D eigenvalue weighted by molar-refractivity contribution is -0.137. The molecule has 33 heavy (non-hydrogen) atoms. The zero-order chi connectivity index (χ0) is 24.2. The molecular weight excluding hydrogens is 455 g/mol. The van der Waals surface area contributed by atoms with Crippen molar-refractivity contribution in [2.75, 3.05) is 51.7 Å². The summed E-state index contributed by atoms with van der Waals surface area (Å²) in [7, 11) is -0.364. The second kappa shape index (κ2) is 10.6. The standard InChI is InChI=1S/C22H32F3N5O2S/c1-28(2)33(31,32)27-20-5-3-17(4-6-20)7-8-29-9-11-30(12-10-29)21-14-18(16-26)13-19(15-21)22(23,24)25/h13-15,17,20,27H,3-12H2,1-2H3. The van der Waals surface area contributed by atoms with Crippen LogP contribution in [-0.4, -0.2) is 70.5 Å². The highest BCUT2D eigenvalue weighted by Crippen LogP contribution is 2.33. The number of nitriles is 1. The summed E-state index contributed by atoms with van der Waals surface area (Å²) in [5.41, 5.74) is -0.326. The Bertz CT molecular complexity index is 946. The van der Waals surface area contributed by atoms with Gasteiger partial charge >= 0.3 is 6.18 Å². The molecule has 0 aromatic heterocycles. The van der Waals surface area contributed by atoms with E-state index in [0.717, 1.165) is 63.9 Å². The number of halogens is 3. The van der Waals surface area contributed by atoms with E-state index >= 15 is 0 Å². The predicted molar refractivity (Wildman–Crippen MR) is 121 cm³/mol. The van der Waals surface area contributed by atoms with E-state index in [9.17, 15) is 21.6 Å². The van der Waals surface area contributed by atoms with Crippen LogP contribution in [0.5, 0.6) is 0 Å². The van der Waals surface area contributed by atoms with Gasteiger partial charge in [-0.2, -0.15) is 35.9 Å². The van der Waals surface area contributed by atoms with E-state index in [2.05, 4.69) is 9.62 Å². The van der Waals surface area contributed by atoms with Crippen molar-refractivity contribution in [3.8, 4) is 6.07 Å². The summed E-state index contributed by atoms with van der Waals surface area (Å²) in [4.78, 5) is 4.24. The van der Waals surface area contributed by atoms with Crippen LogP contribution in [0.25, 0.3) is 0 Å². The van der Waals surface area contributed by atoms with Crippen LogP contribution in [0.1, 0.15) is 43.2 Å². The van der Waals surface area contributed by atoms with Crippen molar-refractivity contribution in [1.29, 1.82) is 5.26 Å². The molecule has 1 saturated heterocycles. The molecule has 1 saturated carbocycles. The fourth-order valence-corrected chi connectivity index (χ4v) is 5.37. The van der Waals surface area contributed by atoms with Gasteiger partial charge in [0.25, 0.3) is 10.2 Å². The Morgan fingerprint density at radius 1 is 1.09 bits per heavy atom. The minimum atomic E-state index is -4.48. The zero-order valence-electron chi connectivity index (χ0n) is 19.1. The second-order valence-corrected chi connectivity index (χ2v) is 11.0. The third kappa shape index (κ3) is 7.06. The predicted octanol–water partition coefficient (Wildman–Crippen LogP) is 3.04. The lowest BCUT2D eigenvalue weighted by Gasteiger charge is -2.37. The number of benzene rings is 1. The van der Waals surface area contributed by atoms with Gasteiger partial charge in [-0.1, -0.05) is 0 Å². The maximum Gasteiger partial charge on any atom is 0.416 e. The number of rotatable bonds is 7. The van der Waals surface area contributed by atoms with Crippen LogP contribution in [0.15, 0.2) is 18.2 Å². The van der Waals surface area contributed by atoms with Gasteiger partial charge in [0, 0.05) is 52.0 Å². The molecule has 1 N–H and O–H groups in total. The number of nitrogens with zero attached hydrogens (tertiary/aromatic N) is 4. The molecule has 1 aromatic rings. The summed E-state index contributed by atoms with van der Waals surface area (Å²) >= 11 is 0. The van der Waals surface area contributed by atoms with Gasteiger partial charge in [0.05, 0.1) is 17.2 Å². The van der Waals surface area contributed by atoms with Crippen molar-refractivity contribution in [3.05, 3.63) is 29.3 Å². The first kappa shape index (κ1) is 25.7. The average Bonchev–Trinajstić information content (AvgIpc) is 2.77. The van der Waals surface area contributed by atoms with Crippen molar-refractivity contribution in [2.45, 2.75) is 44.3 Å². The van der Waals surface area contributed by atoms with Crippen LogP contribution in [0, 0.1) is 17.2 Å². The Kier molecular flexibility index (Phi) is 8.26. The number of nitrogens with one attached hydrogen (secondary N) is 1. The zero-order valence-corrected chi connectivity index (χ0v) is 19.9. The average molecular weight is 488 g/mol. The monoisotopic (exact) mass is 487 g/mol. The molecule has 2 aliphatic rings. The topological polar surface area (TPSA) is 79.7 Å². The van der Waals surface area contributed by atoms with E-state index in [4.69, 9.17) is 5.26 Å². The summed E-state index contributed by atoms with van der Waals surface area (Å²) < 4.78 is 67.4. The number of alkyl halides is 3. The minimum Gasteiger partial charge on any atom is -0.369 e. The van der Waals surface area contributed by atoms with E-state index in [1.165, 1.54) is 24.5 Å². The molecule has 3 rings (SSSR count). The van der Waals surface area contributed by atoms with Gasteiger partial charge in [-0.25, -0.2) is 0 Å². The van der Waals surface area contributed by atoms with Crippen molar-refractivity contribution >= 4 is 15.9 Å². The van der Waals surface area contributed by atoms with Crippen molar-refractivity contribution in [3.63, 3.8) is 0 Å². The highest BCUT2D eigenvalue weighted by Gasteiger charge is 2.32. The van der Waals surface area contributed by atoms with Crippen LogP contribution < -0.4 is 9.62 Å².